The van der Waals surface area contributed by atoms with E-state index in [1.54, 1.807) is 0 Å². The highest BCUT2D eigenvalue weighted by Gasteiger charge is 2.24. The summed E-state index contributed by atoms with van der Waals surface area (Å²) in [6.45, 7) is 0.743. The molecule has 1 fully saturated rings. The standard InChI is InChI=1S/C8H15NO4/c9-2-1-6-3-7(4-8(10)11)13-5-12-6/h6-7H,1-5,9H2,(H,10,11)/t6-,7-/m1/s1. The van der Waals surface area contributed by atoms with Gasteiger partial charge in [0.1, 0.15) is 6.79 Å². The summed E-state index contributed by atoms with van der Waals surface area (Å²) in [6, 6.07) is 0. The third kappa shape index (κ3) is 3.71. The molecule has 0 aromatic carbocycles. The van der Waals surface area contributed by atoms with Crippen LogP contribution in [0.1, 0.15) is 19.3 Å². The molecule has 0 bridgehead atoms. The Morgan fingerprint density at radius 1 is 1.46 bits per heavy atom. The summed E-state index contributed by atoms with van der Waals surface area (Å²) in [7, 11) is 0. The molecule has 0 saturated carbocycles. The topological polar surface area (TPSA) is 81.8 Å². The van der Waals surface area contributed by atoms with Gasteiger partial charge < -0.3 is 20.3 Å². The summed E-state index contributed by atoms with van der Waals surface area (Å²) in [5.74, 6) is -0.835. The van der Waals surface area contributed by atoms with Gasteiger partial charge in [-0.25, -0.2) is 0 Å². The highest BCUT2D eigenvalue weighted by atomic mass is 16.7. The molecule has 0 spiro atoms. The van der Waals surface area contributed by atoms with Crippen LogP contribution in [0.5, 0.6) is 0 Å². The number of rotatable bonds is 4. The number of hydrogen-bond donors (Lipinski definition) is 2. The molecule has 0 amide bonds. The van der Waals surface area contributed by atoms with Gasteiger partial charge in [-0.3, -0.25) is 4.79 Å². The van der Waals surface area contributed by atoms with Crippen molar-refractivity contribution >= 4 is 5.97 Å². The SMILES string of the molecule is NCC[C@@H]1C[C@H](CC(=O)O)OCO1. The zero-order chi connectivity index (χ0) is 9.68. The van der Waals surface area contributed by atoms with Gasteiger partial charge in [-0.2, -0.15) is 0 Å². The lowest BCUT2D eigenvalue weighted by Gasteiger charge is -2.28. The average molecular weight is 189 g/mol. The van der Waals surface area contributed by atoms with Crippen LogP contribution in [0.4, 0.5) is 0 Å². The Hall–Kier alpha value is -0.650. The molecule has 1 saturated heterocycles. The van der Waals surface area contributed by atoms with E-state index < -0.39 is 5.97 Å². The van der Waals surface area contributed by atoms with Crippen molar-refractivity contribution < 1.29 is 19.4 Å². The summed E-state index contributed by atoms with van der Waals surface area (Å²) < 4.78 is 10.4. The fourth-order valence-electron chi connectivity index (χ4n) is 1.39. The van der Waals surface area contributed by atoms with Crippen LogP contribution < -0.4 is 5.73 Å². The van der Waals surface area contributed by atoms with Gasteiger partial charge in [-0.15, -0.1) is 0 Å². The molecular weight excluding hydrogens is 174 g/mol. The zero-order valence-corrected chi connectivity index (χ0v) is 7.44. The number of nitrogens with two attached hydrogens (primary N) is 1. The first-order chi connectivity index (χ1) is 6.22. The van der Waals surface area contributed by atoms with Crippen molar-refractivity contribution in [2.75, 3.05) is 13.3 Å². The van der Waals surface area contributed by atoms with Crippen LogP contribution in [0.3, 0.4) is 0 Å². The van der Waals surface area contributed by atoms with E-state index in [0.717, 1.165) is 6.42 Å². The molecule has 0 aliphatic carbocycles. The lowest BCUT2D eigenvalue weighted by molar-refractivity contribution is -0.182. The first kappa shape index (κ1) is 10.4. The van der Waals surface area contributed by atoms with Gasteiger partial charge >= 0.3 is 5.97 Å². The minimum atomic E-state index is -0.835. The zero-order valence-electron chi connectivity index (χ0n) is 7.44. The maximum absolute atomic E-state index is 10.4. The van der Waals surface area contributed by atoms with E-state index in [2.05, 4.69) is 0 Å². The molecule has 0 aromatic rings. The summed E-state index contributed by atoms with van der Waals surface area (Å²) in [5, 5.41) is 8.54. The fourth-order valence-corrected chi connectivity index (χ4v) is 1.39. The van der Waals surface area contributed by atoms with E-state index in [1.165, 1.54) is 0 Å². The van der Waals surface area contributed by atoms with Crippen molar-refractivity contribution in [1.29, 1.82) is 0 Å². The van der Waals surface area contributed by atoms with Gasteiger partial charge in [0.25, 0.3) is 0 Å². The normalized spacial score (nSPS) is 28.7. The monoisotopic (exact) mass is 189 g/mol. The molecule has 0 radical (unpaired) electrons. The maximum Gasteiger partial charge on any atom is 0.305 e. The molecule has 76 valence electrons. The predicted octanol–water partition coefficient (Wildman–Crippen LogP) is -0.0585. The molecule has 0 unspecified atom stereocenters. The van der Waals surface area contributed by atoms with Crippen LogP contribution in [0.2, 0.25) is 0 Å². The number of ether oxygens (including phenoxy) is 2. The van der Waals surface area contributed by atoms with Crippen LogP contribution in [0.25, 0.3) is 0 Å². The Labute approximate surface area is 76.8 Å². The summed E-state index contributed by atoms with van der Waals surface area (Å²) in [4.78, 5) is 10.4. The second kappa shape index (κ2) is 5.16. The number of aliphatic carboxylic acids is 1. The Morgan fingerprint density at radius 3 is 2.77 bits per heavy atom. The van der Waals surface area contributed by atoms with Crippen LogP contribution in [-0.4, -0.2) is 36.6 Å². The van der Waals surface area contributed by atoms with Gasteiger partial charge in [0.15, 0.2) is 0 Å². The highest BCUT2D eigenvalue weighted by molar-refractivity contribution is 5.67. The molecule has 1 aliphatic rings. The highest BCUT2D eigenvalue weighted by Crippen LogP contribution is 2.17. The van der Waals surface area contributed by atoms with Crippen molar-refractivity contribution in [2.45, 2.75) is 31.5 Å². The minimum absolute atomic E-state index is 0.0461. The Kier molecular flexibility index (Phi) is 4.14. The van der Waals surface area contributed by atoms with Gasteiger partial charge in [-0.1, -0.05) is 0 Å². The van der Waals surface area contributed by atoms with Crippen molar-refractivity contribution in [3.8, 4) is 0 Å². The average Bonchev–Trinajstić information content (AvgIpc) is 2.04. The van der Waals surface area contributed by atoms with Crippen LogP contribution in [-0.2, 0) is 14.3 Å². The van der Waals surface area contributed by atoms with Gasteiger partial charge in [0.2, 0.25) is 0 Å². The summed E-state index contributed by atoms with van der Waals surface area (Å²) in [6.07, 6.45) is 1.28. The molecule has 5 heteroatoms. The molecule has 2 atom stereocenters. The third-order valence-electron chi connectivity index (χ3n) is 2.02. The van der Waals surface area contributed by atoms with E-state index in [4.69, 9.17) is 20.3 Å². The molecule has 13 heavy (non-hydrogen) atoms. The molecular formula is C8H15NO4. The lowest BCUT2D eigenvalue weighted by atomic mass is 10.1. The molecule has 1 aliphatic heterocycles. The molecule has 3 N–H and O–H groups in total. The minimum Gasteiger partial charge on any atom is -0.481 e. The lowest BCUT2D eigenvalue weighted by Crippen LogP contribution is -2.34. The van der Waals surface area contributed by atoms with E-state index >= 15 is 0 Å². The first-order valence-electron chi connectivity index (χ1n) is 4.37. The molecule has 5 nitrogen and oxygen atoms in total. The number of hydrogen-bond acceptors (Lipinski definition) is 4. The maximum atomic E-state index is 10.4. The van der Waals surface area contributed by atoms with Crippen molar-refractivity contribution in [2.24, 2.45) is 5.73 Å². The van der Waals surface area contributed by atoms with Crippen molar-refractivity contribution in [1.82, 2.24) is 0 Å². The molecule has 1 rings (SSSR count). The van der Waals surface area contributed by atoms with E-state index in [0.29, 0.717) is 13.0 Å². The second-order valence-corrected chi connectivity index (χ2v) is 3.11. The number of carbonyl (C=O) groups is 1. The number of carboxylic acid groups (broad SMARTS) is 1. The first-order valence-corrected chi connectivity index (χ1v) is 4.37. The second-order valence-electron chi connectivity index (χ2n) is 3.11. The molecule has 0 aromatic heterocycles. The van der Waals surface area contributed by atoms with Crippen molar-refractivity contribution in [3.63, 3.8) is 0 Å². The van der Waals surface area contributed by atoms with Crippen LogP contribution >= 0.6 is 0 Å². The van der Waals surface area contributed by atoms with Crippen LogP contribution in [0, 0.1) is 0 Å². The number of carboxylic acids is 1. The fraction of sp³-hybridized carbons (Fsp3) is 0.875. The van der Waals surface area contributed by atoms with Crippen molar-refractivity contribution in [3.05, 3.63) is 0 Å². The smallest absolute Gasteiger partial charge is 0.305 e. The van der Waals surface area contributed by atoms with Gasteiger partial charge in [0.05, 0.1) is 18.6 Å². The van der Waals surface area contributed by atoms with E-state index in [9.17, 15) is 4.79 Å². The Morgan fingerprint density at radius 2 is 2.15 bits per heavy atom. The van der Waals surface area contributed by atoms with Gasteiger partial charge in [-0.05, 0) is 13.0 Å². The van der Waals surface area contributed by atoms with E-state index in [1.807, 2.05) is 0 Å². The summed E-state index contributed by atoms with van der Waals surface area (Å²) in [5.41, 5.74) is 5.37. The Bertz CT molecular complexity index is 172. The predicted molar refractivity (Wildman–Crippen MR) is 45.2 cm³/mol. The molecule has 1 heterocycles. The van der Waals surface area contributed by atoms with Crippen LogP contribution in [0.15, 0.2) is 0 Å². The van der Waals surface area contributed by atoms with Gasteiger partial charge in [0, 0.05) is 6.42 Å². The summed E-state index contributed by atoms with van der Waals surface area (Å²) >= 11 is 0. The van der Waals surface area contributed by atoms with E-state index in [-0.39, 0.29) is 25.4 Å². The quantitative estimate of drug-likeness (QED) is 0.647. The third-order valence-corrected chi connectivity index (χ3v) is 2.02. The largest absolute Gasteiger partial charge is 0.481 e. The Balaban J connectivity index is 2.28.